The lowest BCUT2D eigenvalue weighted by atomic mass is 10.3. The summed E-state index contributed by atoms with van der Waals surface area (Å²) >= 11 is 0. The molecule has 0 aliphatic carbocycles. The van der Waals surface area contributed by atoms with Gasteiger partial charge in [0.05, 0.1) is 14.2 Å². The van der Waals surface area contributed by atoms with Crippen molar-refractivity contribution < 1.29 is 17.9 Å². The normalized spacial score (nSPS) is 10.1. The minimum atomic E-state index is -2.65. The van der Waals surface area contributed by atoms with Crippen molar-refractivity contribution in [3.63, 3.8) is 0 Å². The number of hydrogen-bond donors (Lipinski definition) is 1. The highest BCUT2D eigenvalue weighted by Crippen LogP contribution is 2.31. The molecule has 0 aromatic heterocycles. The van der Waals surface area contributed by atoms with E-state index < -0.39 is 10.7 Å². The molecule has 4 nitrogen and oxygen atoms in total. The molecule has 0 saturated carbocycles. The molecule has 0 atom stereocenters. The minimum Gasteiger partial charge on any atom is -0.493 e. The first-order valence-electron chi connectivity index (χ1n) is 3.56. The van der Waals surface area contributed by atoms with E-state index in [1.54, 1.807) is 12.1 Å². The third-order valence-corrected chi connectivity index (χ3v) is 2.32. The molecule has 0 bridgehead atoms. The van der Waals surface area contributed by atoms with E-state index in [1.165, 1.54) is 20.3 Å². The SMILES string of the molecule is COc1cccc([SH](=O)=O)c1OC. The molecule has 1 aromatic rings. The number of ether oxygens (including phenoxy) is 2. The van der Waals surface area contributed by atoms with Crippen LogP contribution in [0.15, 0.2) is 23.1 Å². The lowest BCUT2D eigenvalue weighted by Gasteiger charge is -2.08. The van der Waals surface area contributed by atoms with E-state index in [2.05, 4.69) is 0 Å². The van der Waals surface area contributed by atoms with Crippen LogP contribution in [0.1, 0.15) is 0 Å². The summed E-state index contributed by atoms with van der Waals surface area (Å²) < 4.78 is 31.4. The standard InChI is InChI=1S/C8H10O4S/c1-11-6-4-3-5-7(13(9)10)8(6)12-2/h3-5,13H,1-2H3. The van der Waals surface area contributed by atoms with E-state index in [-0.39, 0.29) is 10.6 Å². The van der Waals surface area contributed by atoms with E-state index in [0.29, 0.717) is 5.75 Å². The Balaban J connectivity index is 3.35. The van der Waals surface area contributed by atoms with Gasteiger partial charge in [-0.05, 0) is 12.1 Å². The molecule has 1 aromatic carbocycles. The zero-order chi connectivity index (χ0) is 9.84. The third kappa shape index (κ3) is 1.92. The summed E-state index contributed by atoms with van der Waals surface area (Å²) in [7, 11) is 0.212. The average Bonchev–Trinajstić information content (AvgIpc) is 2.16. The largest absolute Gasteiger partial charge is 0.493 e. The van der Waals surface area contributed by atoms with E-state index in [1.807, 2.05) is 0 Å². The second-order valence-electron chi connectivity index (χ2n) is 2.27. The van der Waals surface area contributed by atoms with Gasteiger partial charge in [-0.2, -0.15) is 0 Å². The second kappa shape index (κ2) is 4.13. The van der Waals surface area contributed by atoms with Crippen molar-refractivity contribution in [1.29, 1.82) is 0 Å². The molecule has 0 aliphatic heterocycles. The van der Waals surface area contributed by atoms with Gasteiger partial charge in [-0.1, -0.05) is 6.07 Å². The van der Waals surface area contributed by atoms with Crippen LogP contribution in [0.25, 0.3) is 0 Å². The summed E-state index contributed by atoms with van der Waals surface area (Å²) in [6.45, 7) is 0. The van der Waals surface area contributed by atoms with E-state index in [9.17, 15) is 8.42 Å². The zero-order valence-corrected chi connectivity index (χ0v) is 8.21. The van der Waals surface area contributed by atoms with Gasteiger partial charge in [-0.25, -0.2) is 8.42 Å². The van der Waals surface area contributed by atoms with Crippen LogP contribution in [0.5, 0.6) is 11.5 Å². The van der Waals surface area contributed by atoms with Crippen molar-refractivity contribution in [2.24, 2.45) is 0 Å². The number of hydrogen-bond acceptors (Lipinski definition) is 4. The zero-order valence-electron chi connectivity index (χ0n) is 7.31. The summed E-state index contributed by atoms with van der Waals surface area (Å²) in [5.41, 5.74) is 0. The quantitative estimate of drug-likeness (QED) is 0.732. The Morgan fingerprint density at radius 2 is 1.85 bits per heavy atom. The molecular weight excluding hydrogens is 192 g/mol. The molecule has 0 radical (unpaired) electrons. The van der Waals surface area contributed by atoms with Crippen LogP contribution in [0, 0.1) is 0 Å². The maximum atomic E-state index is 10.8. The van der Waals surface area contributed by atoms with Crippen molar-refractivity contribution in [2.45, 2.75) is 4.90 Å². The molecule has 72 valence electrons. The maximum absolute atomic E-state index is 10.8. The highest BCUT2D eigenvalue weighted by atomic mass is 32.2. The predicted molar refractivity (Wildman–Crippen MR) is 48.1 cm³/mol. The fourth-order valence-electron chi connectivity index (χ4n) is 1.01. The van der Waals surface area contributed by atoms with Gasteiger partial charge in [0.25, 0.3) is 0 Å². The summed E-state index contributed by atoms with van der Waals surface area (Å²) in [4.78, 5) is 0.136. The highest BCUT2D eigenvalue weighted by molar-refractivity contribution is 7.72. The van der Waals surface area contributed by atoms with E-state index in [4.69, 9.17) is 9.47 Å². The van der Waals surface area contributed by atoms with Crippen LogP contribution in [0.4, 0.5) is 0 Å². The summed E-state index contributed by atoms with van der Waals surface area (Å²) in [5, 5.41) is 0. The van der Waals surface area contributed by atoms with Crippen molar-refractivity contribution in [2.75, 3.05) is 14.2 Å². The molecule has 0 saturated heterocycles. The monoisotopic (exact) mass is 202 g/mol. The van der Waals surface area contributed by atoms with Crippen LogP contribution >= 0.6 is 0 Å². The molecule has 1 rings (SSSR count). The van der Waals surface area contributed by atoms with Gasteiger partial charge >= 0.3 is 0 Å². The summed E-state index contributed by atoms with van der Waals surface area (Å²) in [6.07, 6.45) is 0. The summed E-state index contributed by atoms with van der Waals surface area (Å²) in [5.74, 6) is 0.667. The molecule has 0 unspecified atom stereocenters. The second-order valence-corrected chi connectivity index (χ2v) is 3.27. The molecule has 0 aliphatic rings. The van der Waals surface area contributed by atoms with E-state index >= 15 is 0 Å². The molecule has 13 heavy (non-hydrogen) atoms. The summed E-state index contributed by atoms with van der Waals surface area (Å²) in [6, 6.07) is 4.70. The van der Waals surface area contributed by atoms with Crippen molar-refractivity contribution in [1.82, 2.24) is 0 Å². The minimum absolute atomic E-state index is 0.136. The molecule has 5 heteroatoms. The molecular formula is C8H10O4S. The van der Waals surface area contributed by atoms with Gasteiger partial charge < -0.3 is 9.47 Å². The van der Waals surface area contributed by atoms with Crippen LogP contribution in [-0.4, -0.2) is 22.6 Å². The Bertz CT molecular complexity index is 362. The Hall–Kier alpha value is -1.23. The molecule has 0 amide bonds. The Morgan fingerprint density at radius 1 is 1.15 bits per heavy atom. The fourth-order valence-corrected chi connectivity index (χ4v) is 1.59. The lowest BCUT2D eigenvalue weighted by Crippen LogP contribution is -1.94. The van der Waals surface area contributed by atoms with Gasteiger partial charge in [0.1, 0.15) is 4.90 Å². The Labute approximate surface area is 78.0 Å². The number of para-hydroxylation sites is 1. The predicted octanol–water partition coefficient (Wildman–Crippen LogP) is 0.674. The number of thiol groups is 1. The van der Waals surface area contributed by atoms with Gasteiger partial charge in [0.2, 0.25) is 0 Å². The van der Waals surface area contributed by atoms with Gasteiger partial charge in [-0.3, -0.25) is 0 Å². The Morgan fingerprint density at radius 3 is 2.31 bits per heavy atom. The van der Waals surface area contributed by atoms with Crippen LogP contribution in [-0.2, 0) is 10.7 Å². The first-order valence-corrected chi connectivity index (χ1v) is 4.74. The highest BCUT2D eigenvalue weighted by Gasteiger charge is 2.10. The first kappa shape index (κ1) is 9.85. The van der Waals surface area contributed by atoms with Crippen molar-refractivity contribution in [3.8, 4) is 11.5 Å². The van der Waals surface area contributed by atoms with Gasteiger partial charge in [0, 0.05) is 0 Å². The fraction of sp³-hybridized carbons (Fsp3) is 0.250. The van der Waals surface area contributed by atoms with Crippen LogP contribution < -0.4 is 9.47 Å². The smallest absolute Gasteiger partial charge is 0.179 e. The number of rotatable bonds is 3. The van der Waals surface area contributed by atoms with Gasteiger partial charge in [-0.15, -0.1) is 0 Å². The van der Waals surface area contributed by atoms with Crippen molar-refractivity contribution >= 4 is 10.7 Å². The van der Waals surface area contributed by atoms with Crippen LogP contribution in [0.2, 0.25) is 0 Å². The average molecular weight is 202 g/mol. The molecule has 0 spiro atoms. The maximum Gasteiger partial charge on any atom is 0.179 e. The van der Waals surface area contributed by atoms with E-state index in [0.717, 1.165) is 0 Å². The lowest BCUT2D eigenvalue weighted by molar-refractivity contribution is 0.347. The van der Waals surface area contributed by atoms with Crippen LogP contribution in [0.3, 0.4) is 0 Å². The Kier molecular flexibility index (Phi) is 3.13. The van der Waals surface area contributed by atoms with Gasteiger partial charge in [0.15, 0.2) is 22.2 Å². The number of benzene rings is 1. The van der Waals surface area contributed by atoms with Crippen molar-refractivity contribution in [3.05, 3.63) is 18.2 Å². The number of methoxy groups -OCH3 is 2. The topological polar surface area (TPSA) is 52.6 Å². The third-order valence-electron chi connectivity index (χ3n) is 1.58. The molecule has 0 fully saturated rings. The first-order chi connectivity index (χ1) is 6.20. The molecule has 0 N–H and O–H groups in total. The molecule has 0 heterocycles.